The molecule has 7 unspecified atom stereocenters. The van der Waals surface area contributed by atoms with Crippen LogP contribution in [0.3, 0.4) is 0 Å². The molecule has 0 saturated carbocycles. The number of benzene rings is 3. The van der Waals surface area contributed by atoms with Crippen molar-refractivity contribution in [2.24, 2.45) is 22.7 Å². The van der Waals surface area contributed by atoms with Crippen LogP contribution in [-0.2, 0) is 6.42 Å². The third-order valence-electron chi connectivity index (χ3n) is 11.9. The largest absolute Gasteiger partial charge is 0.384 e. The number of amidine groups is 1. The Hall–Kier alpha value is -4.67. The Morgan fingerprint density at radius 3 is 2.50 bits per heavy atom. The summed E-state index contributed by atoms with van der Waals surface area (Å²) in [5, 5.41) is 11.6. The number of nitrogens with zero attached hydrogens (tertiary/aromatic N) is 1. The molecule has 4 heteroatoms. The molecule has 6 aliphatic rings. The molecule has 0 aromatic heterocycles. The molecule has 3 N–H and O–H groups in total. The molecule has 2 heterocycles. The van der Waals surface area contributed by atoms with E-state index >= 15 is 0 Å². The van der Waals surface area contributed by atoms with E-state index in [-0.39, 0.29) is 24.3 Å². The van der Waals surface area contributed by atoms with Gasteiger partial charge in [-0.1, -0.05) is 127 Å². The number of nitrogens with one attached hydrogen (secondary N) is 3. The van der Waals surface area contributed by atoms with Gasteiger partial charge in [0.2, 0.25) is 0 Å². The molecule has 0 spiro atoms. The Morgan fingerprint density at radius 1 is 0.720 bits per heavy atom. The van der Waals surface area contributed by atoms with Gasteiger partial charge in [0, 0.05) is 17.4 Å². The van der Waals surface area contributed by atoms with E-state index < -0.39 is 0 Å². The first-order valence-corrected chi connectivity index (χ1v) is 19.0. The van der Waals surface area contributed by atoms with E-state index in [1.807, 2.05) is 0 Å². The second-order valence-electron chi connectivity index (χ2n) is 14.9. The fourth-order valence-electron chi connectivity index (χ4n) is 9.24. The van der Waals surface area contributed by atoms with E-state index in [0.717, 1.165) is 43.9 Å². The first-order valence-electron chi connectivity index (χ1n) is 19.0. The Morgan fingerprint density at radius 2 is 1.64 bits per heavy atom. The van der Waals surface area contributed by atoms with E-state index in [9.17, 15) is 0 Å². The van der Waals surface area contributed by atoms with Crippen LogP contribution in [0, 0.1) is 17.8 Å². The quantitative estimate of drug-likeness (QED) is 0.232. The molecule has 3 aromatic carbocycles. The van der Waals surface area contributed by atoms with Crippen LogP contribution in [0.4, 0.5) is 0 Å². The van der Waals surface area contributed by atoms with Crippen LogP contribution >= 0.6 is 0 Å². The number of rotatable bonds is 6. The monoisotopic (exact) mass is 656 g/mol. The predicted molar refractivity (Wildman–Crippen MR) is 207 cm³/mol. The van der Waals surface area contributed by atoms with Crippen LogP contribution in [0.15, 0.2) is 144 Å². The minimum absolute atomic E-state index is 0.0887. The van der Waals surface area contributed by atoms with Crippen molar-refractivity contribution in [3.63, 3.8) is 0 Å². The van der Waals surface area contributed by atoms with Crippen molar-refractivity contribution < 1.29 is 0 Å². The first-order chi connectivity index (χ1) is 24.8. The highest BCUT2D eigenvalue weighted by Gasteiger charge is 2.34. The maximum absolute atomic E-state index is 5.40. The maximum atomic E-state index is 5.40. The molecule has 3 aromatic rings. The third kappa shape index (κ3) is 6.15. The molecule has 0 amide bonds. The summed E-state index contributed by atoms with van der Waals surface area (Å²) in [7, 11) is 0. The Kier molecular flexibility index (Phi) is 8.72. The van der Waals surface area contributed by atoms with Crippen molar-refractivity contribution in [2.75, 3.05) is 0 Å². The van der Waals surface area contributed by atoms with Gasteiger partial charge in [-0.2, -0.15) is 0 Å². The summed E-state index contributed by atoms with van der Waals surface area (Å²) < 4.78 is 0. The zero-order valence-electron chi connectivity index (χ0n) is 28.8. The summed E-state index contributed by atoms with van der Waals surface area (Å²) in [4.78, 5) is 5.40. The van der Waals surface area contributed by atoms with Gasteiger partial charge in [0.05, 0.1) is 12.2 Å². The SMILES string of the molecule is C1=CCC(C2NC(C3=CCCC=C3)=NC(c3ccc(C4CC(C5CC=CCC5)C=CN4)c(C4Cc5ccccc5-c5ccccc54)c3)N2)C=C1. The average Bonchev–Trinajstić information content (AvgIpc) is 3.21. The summed E-state index contributed by atoms with van der Waals surface area (Å²) in [6, 6.07) is 25.8. The molecule has 252 valence electrons. The number of hydrogen-bond acceptors (Lipinski definition) is 4. The second kappa shape index (κ2) is 13.9. The lowest BCUT2D eigenvalue weighted by Crippen LogP contribution is -2.54. The molecular formula is C46H48N4. The molecule has 7 atom stereocenters. The van der Waals surface area contributed by atoms with Gasteiger partial charge >= 0.3 is 0 Å². The predicted octanol–water partition coefficient (Wildman–Crippen LogP) is 9.89. The minimum Gasteiger partial charge on any atom is -0.384 e. The smallest absolute Gasteiger partial charge is 0.131 e. The van der Waals surface area contributed by atoms with Gasteiger partial charge in [-0.3, -0.25) is 5.32 Å². The molecular weight excluding hydrogens is 609 g/mol. The highest BCUT2D eigenvalue weighted by molar-refractivity contribution is 6.01. The van der Waals surface area contributed by atoms with Crippen molar-refractivity contribution in [1.82, 2.24) is 16.0 Å². The summed E-state index contributed by atoms with van der Waals surface area (Å²) >= 11 is 0. The topological polar surface area (TPSA) is 48.5 Å². The lowest BCUT2D eigenvalue weighted by Gasteiger charge is -2.38. The summed E-state index contributed by atoms with van der Waals surface area (Å²) in [6.45, 7) is 0. The van der Waals surface area contributed by atoms with Crippen molar-refractivity contribution in [3.8, 4) is 11.1 Å². The van der Waals surface area contributed by atoms with E-state index in [1.54, 1.807) is 0 Å². The average molecular weight is 657 g/mol. The van der Waals surface area contributed by atoms with Gasteiger partial charge in [0.15, 0.2) is 0 Å². The zero-order chi connectivity index (χ0) is 33.3. The van der Waals surface area contributed by atoms with Gasteiger partial charge in [-0.15, -0.1) is 0 Å². The Labute approximate surface area is 297 Å². The molecule has 4 aliphatic carbocycles. The molecule has 2 aliphatic heterocycles. The molecule has 50 heavy (non-hydrogen) atoms. The number of fused-ring (bicyclic) bond motifs is 3. The van der Waals surface area contributed by atoms with Gasteiger partial charge in [-0.25, -0.2) is 4.99 Å². The maximum Gasteiger partial charge on any atom is 0.131 e. The molecule has 0 saturated heterocycles. The van der Waals surface area contributed by atoms with Crippen LogP contribution in [0.1, 0.15) is 90.9 Å². The normalized spacial score (nSPS) is 29.6. The molecule has 0 radical (unpaired) electrons. The second-order valence-corrected chi connectivity index (χ2v) is 14.9. The van der Waals surface area contributed by atoms with Gasteiger partial charge in [-0.05, 0) is 108 Å². The minimum atomic E-state index is -0.147. The van der Waals surface area contributed by atoms with Crippen molar-refractivity contribution >= 4 is 5.84 Å². The lowest BCUT2D eigenvalue weighted by atomic mass is 9.72. The van der Waals surface area contributed by atoms with E-state index in [4.69, 9.17) is 4.99 Å². The molecule has 4 nitrogen and oxygen atoms in total. The van der Waals surface area contributed by atoms with Crippen molar-refractivity contribution in [3.05, 3.63) is 167 Å². The van der Waals surface area contributed by atoms with Gasteiger partial charge in [0.25, 0.3) is 0 Å². The Balaban J connectivity index is 1.14. The number of hydrogen-bond donors (Lipinski definition) is 3. The van der Waals surface area contributed by atoms with Crippen LogP contribution in [0.25, 0.3) is 11.1 Å². The van der Waals surface area contributed by atoms with Crippen LogP contribution < -0.4 is 16.0 Å². The molecule has 0 fully saturated rings. The van der Waals surface area contributed by atoms with Crippen LogP contribution in [0.5, 0.6) is 0 Å². The highest BCUT2D eigenvalue weighted by atomic mass is 15.3. The Bertz CT molecular complexity index is 1960. The molecule has 0 bridgehead atoms. The zero-order valence-corrected chi connectivity index (χ0v) is 28.8. The van der Waals surface area contributed by atoms with Crippen LogP contribution in [0.2, 0.25) is 0 Å². The first kappa shape index (κ1) is 31.3. The fourth-order valence-corrected chi connectivity index (χ4v) is 9.24. The van der Waals surface area contributed by atoms with E-state index in [1.165, 1.54) is 63.8 Å². The van der Waals surface area contributed by atoms with Crippen molar-refractivity contribution in [1.29, 1.82) is 0 Å². The number of allylic oxidation sites excluding steroid dienone is 8. The molecule has 9 rings (SSSR count). The highest BCUT2D eigenvalue weighted by Crippen LogP contribution is 2.46. The lowest BCUT2D eigenvalue weighted by molar-refractivity contribution is 0.304. The number of aliphatic imine (C=N–C) groups is 1. The summed E-state index contributed by atoms with van der Waals surface area (Å²) in [6.07, 6.45) is 34.2. The van der Waals surface area contributed by atoms with Gasteiger partial charge in [0.1, 0.15) is 12.0 Å². The third-order valence-corrected chi connectivity index (χ3v) is 11.9. The van der Waals surface area contributed by atoms with Gasteiger partial charge < -0.3 is 10.6 Å². The fraction of sp³-hybridized carbons (Fsp3) is 0.326. The van der Waals surface area contributed by atoms with Crippen molar-refractivity contribution in [2.45, 2.75) is 75.7 Å². The summed E-state index contributed by atoms with van der Waals surface area (Å²) in [5.74, 6) is 2.93. The summed E-state index contributed by atoms with van der Waals surface area (Å²) in [5.41, 5.74) is 10.9. The van der Waals surface area contributed by atoms with Crippen LogP contribution in [-0.4, -0.2) is 12.0 Å². The van der Waals surface area contributed by atoms with E-state index in [2.05, 4.69) is 150 Å². The van der Waals surface area contributed by atoms with E-state index in [0.29, 0.717) is 11.8 Å². The standard InChI is InChI=1S/C46H48N4/c1-4-14-31(15-5-1)34-26-27-47-43(30-34)40-25-24-36(29-42(40)41-28-35-20-10-11-21-37(35)38-22-12-13-23-39(38)41)46-49-44(32-16-6-2-7-17-32)48-45(50-46)33-18-8-3-9-19-33/h1-2,4,6-8,10-13,16,18-27,29,31-32,34,41,43-44,46-47,49H,3,5,9,14-15,17,28,30H2,(H,48,50).